The molecule has 0 bridgehead atoms. The van der Waals surface area contributed by atoms with Crippen LogP contribution in [0.2, 0.25) is 0 Å². The smallest absolute Gasteiger partial charge is 0.262 e. The Kier molecular flexibility index (Phi) is 7.01. The number of aromatic amines is 1. The van der Waals surface area contributed by atoms with E-state index in [0.29, 0.717) is 46.9 Å². The molecule has 2 aromatic rings. The number of nitrogens with zero attached hydrogens (tertiary/aromatic N) is 1. The van der Waals surface area contributed by atoms with E-state index in [2.05, 4.69) is 18.8 Å². The van der Waals surface area contributed by atoms with Crippen molar-refractivity contribution in [2.45, 2.75) is 34.2 Å². The number of ether oxygens (including phenoxy) is 2. The molecule has 0 spiro atoms. The summed E-state index contributed by atoms with van der Waals surface area (Å²) in [6.07, 6.45) is 0. The standard InChI is InChI=1S/C18H27N3O3S/c1-5-20(6-2)9-10-21-17(22)13-11-15(23-7-3)16(24-8-4)12-14(13)19-18(21)25/h11-12H,5-10H2,1-4H3,(H,19,25)/p+1. The second-order valence-electron chi connectivity index (χ2n) is 5.80. The number of aromatic nitrogens is 2. The highest BCUT2D eigenvalue weighted by Crippen LogP contribution is 2.30. The van der Waals surface area contributed by atoms with E-state index in [4.69, 9.17) is 21.7 Å². The second-order valence-corrected chi connectivity index (χ2v) is 6.19. The Labute approximate surface area is 153 Å². The lowest BCUT2D eigenvalue weighted by Crippen LogP contribution is -3.11. The van der Waals surface area contributed by atoms with Crippen molar-refractivity contribution in [1.82, 2.24) is 9.55 Å². The zero-order valence-corrected chi connectivity index (χ0v) is 16.3. The summed E-state index contributed by atoms with van der Waals surface area (Å²) in [7, 11) is 0. The summed E-state index contributed by atoms with van der Waals surface area (Å²) in [4.78, 5) is 17.5. The number of benzene rings is 1. The lowest BCUT2D eigenvalue weighted by atomic mass is 10.2. The average molecular weight is 367 g/mol. The topological polar surface area (TPSA) is 60.7 Å². The predicted molar refractivity (Wildman–Crippen MR) is 103 cm³/mol. The summed E-state index contributed by atoms with van der Waals surface area (Å²) in [6.45, 7) is 12.7. The maximum Gasteiger partial charge on any atom is 0.262 e. The first-order chi connectivity index (χ1) is 12.0. The molecule has 1 aromatic carbocycles. The van der Waals surface area contributed by atoms with Gasteiger partial charge in [-0.2, -0.15) is 0 Å². The number of nitrogens with one attached hydrogen (secondary N) is 2. The van der Waals surface area contributed by atoms with Gasteiger partial charge >= 0.3 is 0 Å². The molecule has 25 heavy (non-hydrogen) atoms. The van der Waals surface area contributed by atoms with E-state index in [1.54, 1.807) is 16.7 Å². The number of hydrogen-bond donors (Lipinski definition) is 2. The number of likely N-dealkylation sites (N-methyl/N-ethyl adjacent to an activating group) is 1. The zero-order chi connectivity index (χ0) is 18.4. The molecule has 6 nitrogen and oxygen atoms in total. The minimum atomic E-state index is -0.0886. The molecule has 7 heteroatoms. The van der Waals surface area contributed by atoms with Crippen molar-refractivity contribution in [3.05, 3.63) is 27.3 Å². The molecule has 0 fully saturated rings. The van der Waals surface area contributed by atoms with Crippen molar-refractivity contribution in [1.29, 1.82) is 0 Å². The molecule has 0 aliphatic heterocycles. The van der Waals surface area contributed by atoms with Crippen molar-refractivity contribution in [3.63, 3.8) is 0 Å². The highest BCUT2D eigenvalue weighted by molar-refractivity contribution is 7.71. The largest absolute Gasteiger partial charge is 0.490 e. The van der Waals surface area contributed by atoms with Crippen LogP contribution in [0.1, 0.15) is 27.7 Å². The van der Waals surface area contributed by atoms with Crippen molar-refractivity contribution < 1.29 is 14.4 Å². The van der Waals surface area contributed by atoms with E-state index < -0.39 is 0 Å². The molecule has 0 amide bonds. The zero-order valence-electron chi connectivity index (χ0n) is 15.5. The SMILES string of the molecule is CCOc1cc2[nH]c(=S)n(CC[NH+](CC)CC)c(=O)c2cc1OCC. The van der Waals surface area contributed by atoms with Gasteiger partial charge in [-0.15, -0.1) is 0 Å². The summed E-state index contributed by atoms with van der Waals surface area (Å²) in [6, 6.07) is 3.54. The second kappa shape index (κ2) is 9.01. The fourth-order valence-corrected chi connectivity index (χ4v) is 3.16. The van der Waals surface area contributed by atoms with Crippen molar-refractivity contribution in [2.75, 3.05) is 32.8 Å². The van der Waals surface area contributed by atoms with Crippen LogP contribution in [0.5, 0.6) is 11.5 Å². The molecule has 2 N–H and O–H groups in total. The van der Waals surface area contributed by atoms with Gasteiger partial charge in [0, 0.05) is 6.07 Å². The summed E-state index contributed by atoms with van der Waals surface area (Å²) >= 11 is 5.41. The van der Waals surface area contributed by atoms with Gasteiger partial charge in [0.1, 0.15) is 0 Å². The lowest BCUT2D eigenvalue weighted by molar-refractivity contribution is -0.897. The Bertz CT molecular complexity index is 825. The highest BCUT2D eigenvalue weighted by atomic mass is 32.1. The third-order valence-corrected chi connectivity index (χ3v) is 4.66. The van der Waals surface area contributed by atoms with Gasteiger partial charge in [0.2, 0.25) is 0 Å². The third kappa shape index (κ3) is 4.41. The van der Waals surface area contributed by atoms with Crippen LogP contribution in [0.4, 0.5) is 0 Å². The fourth-order valence-electron chi connectivity index (χ4n) is 2.87. The number of rotatable bonds is 9. The molecule has 0 saturated carbocycles. The van der Waals surface area contributed by atoms with Crippen molar-refractivity contribution >= 4 is 23.1 Å². The van der Waals surface area contributed by atoms with E-state index in [-0.39, 0.29) is 5.56 Å². The monoisotopic (exact) mass is 366 g/mol. The molecule has 0 atom stereocenters. The first-order valence-corrected chi connectivity index (χ1v) is 9.36. The minimum Gasteiger partial charge on any atom is -0.490 e. The predicted octanol–water partition coefficient (Wildman–Crippen LogP) is 1.78. The van der Waals surface area contributed by atoms with E-state index in [1.165, 1.54) is 4.90 Å². The molecule has 0 aliphatic carbocycles. The Morgan fingerprint density at radius 2 is 1.68 bits per heavy atom. The van der Waals surface area contributed by atoms with Gasteiger partial charge < -0.3 is 19.4 Å². The maximum absolute atomic E-state index is 12.9. The van der Waals surface area contributed by atoms with Gasteiger partial charge in [0.05, 0.1) is 50.3 Å². The van der Waals surface area contributed by atoms with Crippen molar-refractivity contribution in [3.8, 4) is 11.5 Å². The van der Waals surface area contributed by atoms with Crippen LogP contribution in [0, 0.1) is 4.77 Å². The summed E-state index contributed by atoms with van der Waals surface area (Å²) in [5.41, 5.74) is 0.586. The van der Waals surface area contributed by atoms with Crippen molar-refractivity contribution in [2.24, 2.45) is 0 Å². The Hall–Kier alpha value is -1.86. The van der Waals surface area contributed by atoms with Crippen LogP contribution in [0.3, 0.4) is 0 Å². The Morgan fingerprint density at radius 1 is 1.08 bits per heavy atom. The van der Waals surface area contributed by atoms with E-state index >= 15 is 0 Å². The number of quaternary nitrogens is 1. The van der Waals surface area contributed by atoms with Gasteiger partial charge in [-0.3, -0.25) is 9.36 Å². The fraction of sp³-hybridized carbons (Fsp3) is 0.556. The molecule has 0 saturated heterocycles. The van der Waals surface area contributed by atoms with Crippen LogP contribution in [-0.4, -0.2) is 42.4 Å². The number of H-pyrrole nitrogens is 1. The highest BCUT2D eigenvalue weighted by Gasteiger charge is 2.13. The Balaban J connectivity index is 2.51. The molecule has 0 aliphatic rings. The average Bonchev–Trinajstić information content (AvgIpc) is 2.60. The van der Waals surface area contributed by atoms with Gasteiger partial charge in [0.15, 0.2) is 16.3 Å². The van der Waals surface area contributed by atoms with Crippen LogP contribution in [0.15, 0.2) is 16.9 Å². The molecule has 1 aromatic heterocycles. The minimum absolute atomic E-state index is 0.0886. The summed E-state index contributed by atoms with van der Waals surface area (Å²) < 4.78 is 13.3. The van der Waals surface area contributed by atoms with Crippen LogP contribution in [0.25, 0.3) is 10.9 Å². The van der Waals surface area contributed by atoms with Gasteiger partial charge in [-0.25, -0.2) is 0 Å². The maximum atomic E-state index is 12.9. The van der Waals surface area contributed by atoms with Crippen LogP contribution in [-0.2, 0) is 6.54 Å². The van der Waals surface area contributed by atoms with E-state index in [9.17, 15) is 4.79 Å². The van der Waals surface area contributed by atoms with E-state index in [1.807, 2.05) is 13.8 Å². The molecular formula is C18H28N3O3S+. The first-order valence-electron chi connectivity index (χ1n) is 8.95. The van der Waals surface area contributed by atoms with Gasteiger partial charge in [0.25, 0.3) is 5.56 Å². The summed E-state index contributed by atoms with van der Waals surface area (Å²) in [5, 5.41) is 0.565. The normalized spacial score (nSPS) is 11.2. The lowest BCUT2D eigenvalue weighted by Gasteiger charge is -2.17. The number of fused-ring (bicyclic) bond motifs is 1. The molecule has 138 valence electrons. The molecular weight excluding hydrogens is 338 g/mol. The molecule has 0 radical (unpaired) electrons. The van der Waals surface area contributed by atoms with Gasteiger partial charge in [-0.05, 0) is 46.0 Å². The molecule has 2 rings (SSSR count). The van der Waals surface area contributed by atoms with Crippen LogP contribution < -0.4 is 19.9 Å². The Morgan fingerprint density at radius 3 is 2.24 bits per heavy atom. The van der Waals surface area contributed by atoms with Crippen LogP contribution >= 0.6 is 12.2 Å². The number of hydrogen-bond acceptors (Lipinski definition) is 4. The quantitative estimate of drug-likeness (QED) is 0.664. The summed E-state index contributed by atoms with van der Waals surface area (Å²) in [5.74, 6) is 1.20. The first kappa shape index (κ1) is 19.5. The molecule has 1 heterocycles. The van der Waals surface area contributed by atoms with Gasteiger partial charge in [-0.1, -0.05) is 0 Å². The molecule has 0 unspecified atom stereocenters. The third-order valence-electron chi connectivity index (χ3n) is 4.33. The van der Waals surface area contributed by atoms with E-state index in [0.717, 1.165) is 19.6 Å².